The first-order valence-electron chi connectivity index (χ1n) is 7.15. The van der Waals surface area contributed by atoms with Crippen molar-refractivity contribution in [3.63, 3.8) is 0 Å². The van der Waals surface area contributed by atoms with Crippen molar-refractivity contribution in [3.05, 3.63) is 69.2 Å². The van der Waals surface area contributed by atoms with Gasteiger partial charge in [0, 0.05) is 4.47 Å². The lowest BCUT2D eigenvalue weighted by Gasteiger charge is -2.12. The minimum atomic E-state index is 1.12. The van der Waals surface area contributed by atoms with Crippen LogP contribution in [0.25, 0.3) is 0 Å². The lowest BCUT2D eigenvalue weighted by molar-refractivity contribution is 0.830. The summed E-state index contributed by atoms with van der Waals surface area (Å²) in [5.74, 6) is 0. The van der Waals surface area contributed by atoms with E-state index in [0.29, 0.717) is 0 Å². The first-order valence-corrected chi connectivity index (χ1v) is 7.94. The van der Waals surface area contributed by atoms with Crippen LogP contribution in [0.3, 0.4) is 0 Å². The van der Waals surface area contributed by atoms with E-state index in [1.165, 1.54) is 39.6 Å². The van der Waals surface area contributed by atoms with Crippen molar-refractivity contribution in [2.24, 2.45) is 0 Å². The number of aryl methyl sites for hydroxylation is 2. The second kappa shape index (κ2) is 5.92. The Balaban J connectivity index is 1.87. The van der Waals surface area contributed by atoms with Crippen molar-refractivity contribution in [2.75, 3.05) is 0 Å². The highest BCUT2D eigenvalue weighted by Crippen LogP contribution is 2.25. The lowest BCUT2D eigenvalue weighted by Crippen LogP contribution is -1.95. The Bertz CT molecular complexity index is 561. The highest BCUT2D eigenvalue weighted by molar-refractivity contribution is 9.10. The molecule has 0 fully saturated rings. The van der Waals surface area contributed by atoms with Gasteiger partial charge in [-0.1, -0.05) is 57.9 Å². The summed E-state index contributed by atoms with van der Waals surface area (Å²) >= 11 is 3.72. The quantitative estimate of drug-likeness (QED) is 0.590. The SMILES string of the molecule is Brc1cc2ccc1CCC/C=C1/C=CC(=CC1)CC2. The van der Waals surface area contributed by atoms with Gasteiger partial charge in [-0.05, 0) is 61.3 Å². The zero-order valence-electron chi connectivity index (χ0n) is 11.2. The molecule has 0 atom stereocenters. The molecule has 4 bridgehead atoms. The Morgan fingerprint density at radius 1 is 0.895 bits per heavy atom. The summed E-state index contributed by atoms with van der Waals surface area (Å²) in [6, 6.07) is 6.89. The molecule has 6 rings (SSSR count). The van der Waals surface area contributed by atoms with Gasteiger partial charge in [0.25, 0.3) is 0 Å². The van der Waals surface area contributed by atoms with E-state index in [1.54, 1.807) is 0 Å². The molecule has 5 aliphatic carbocycles. The van der Waals surface area contributed by atoms with E-state index in [-0.39, 0.29) is 0 Å². The van der Waals surface area contributed by atoms with Crippen LogP contribution in [0.4, 0.5) is 0 Å². The van der Waals surface area contributed by atoms with Crippen LogP contribution >= 0.6 is 15.9 Å². The average molecular weight is 315 g/mol. The number of hydrogen-bond acceptors (Lipinski definition) is 0. The molecule has 0 unspecified atom stereocenters. The molecular weight excluding hydrogens is 296 g/mol. The van der Waals surface area contributed by atoms with E-state index in [9.17, 15) is 0 Å². The Morgan fingerprint density at radius 3 is 2.58 bits per heavy atom. The molecule has 0 aliphatic heterocycles. The Kier molecular flexibility index (Phi) is 4.03. The summed E-state index contributed by atoms with van der Waals surface area (Å²) in [6.07, 6.45) is 16.4. The molecule has 1 heteroatoms. The van der Waals surface area contributed by atoms with Gasteiger partial charge in [0.1, 0.15) is 0 Å². The second-order valence-corrected chi connectivity index (χ2v) is 6.27. The fourth-order valence-corrected chi connectivity index (χ4v) is 3.38. The maximum absolute atomic E-state index is 3.72. The van der Waals surface area contributed by atoms with Gasteiger partial charge in [0.2, 0.25) is 0 Å². The summed E-state index contributed by atoms with van der Waals surface area (Å²) in [4.78, 5) is 0. The molecule has 0 amide bonds. The van der Waals surface area contributed by atoms with Crippen LogP contribution in [-0.4, -0.2) is 0 Å². The van der Waals surface area contributed by atoms with Crippen molar-refractivity contribution in [2.45, 2.75) is 38.5 Å². The smallest absolute Gasteiger partial charge is 0.0210 e. The number of benzene rings is 1. The van der Waals surface area contributed by atoms with Gasteiger partial charge < -0.3 is 0 Å². The maximum atomic E-state index is 3.72. The Morgan fingerprint density at radius 2 is 1.79 bits per heavy atom. The highest BCUT2D eigenvalue weighted by Gasteiger charge is 2.06. The maximum Gasteiger partial charge on any atom is 0.0210 e. The van der Waals surface area contributed by atoms with E-state index in [2.05, 4.69) is 58.4 Å². The predicted octanol–water partition coefficient (Wildman–Crippen LogP) is 5.53. The fraction of sp³-hybridized carbons (Fsp3) is 0.333. The number of halogens is 1. The minimum Gasteiger partial charge on any atom is -0.0810 e. The number of hydrogen-bond donors (Lipinski definition) is 0. The van der Waals surface area contributed by atoms with Crippen LogP contribution in [0.2, 0.25) is 0 Å². The molecule has 0 spiro atoms. The molecule has 1 aromatic rings. The molecular formula is C18H19Br. The first-order chi connectivity index (χ1) is 9.31. The third kappa shape index (κ3) is 3.27. The molecule has 0 heterocycles. The molecule has 5 aliphatic rings. The van der Waals surface area contributed by atoms with Crippen LogP contribution < -0.4 is 0 Å². The molecule has 0 nitrogen and oxygen atoms in total. The molecule has 0 radical (unpaired) electrons. The summed E-state index contributed by atoms with van der Waals surface area (Å²) in [6.45, 7) is 0. The number of rotatable bonds is 0. The van der Waals surface area contributed by atoms with Crippen molar-refractivity contribution in [3.8, 4) is 0 Å². The van der Waals surface area contributed by atoms with Crippen molar-refractivity contribution >= 4 is 15.9 Å². The Labute approximate surface area is 124 Å². The first kappa shape index (κ1) is 12.9. The fourth-order valence-electron chi connectivity index (χ4n) is 2.75. The molecule has 1 aromatic carbocycles. The molecule has 19 heavy (non-hydrogen) atoms. The van der Waals surface area contributed by atoms with Gasteiger partial charge in [-0.2, -0.15) is 0 Å². The van der Waals surface area contributed by atoms with E-state index in [4.69, 9.17) is 0 Å². The van der Waals surface area contributed by atoms with E-state index in [1.807, 2.05) is 0 Å². The topological polar surface area (TPSA) is 0 Å². The monoisotopic (exact) mass is 314 g/mol. The lowest BCUT2D eigenvalue weighted by atomic mass is 9.95. The predicted molar refractivity (Wildman–Crippen MR) is 85.3 cm³/mol. The molecule has 0 aromatic heterocycles. The molecule has 0 saturated carbocycles. The molecule has 98 valence electrons. The van der Waals surface area contributed by atoms with Crippen LogP contribution in [0, 0.1) is 0 Å². The van der Waals surface area contributed by atoms with Gasteiger partial charge >= 0.3 is 0 Å². The van der Waals surface area contributed by atoms with Crippen LogP contribution in [0.5, 0.6) is 0 Å². The van der Waals surface area contributed by atoms with Crippen LogP contribution in [0.15, 0.2) is 58.1 Å². The van der Waals surface area contributed by atoms with Gasteiger partial charge in [0.05, 0.1) is 0 Å². The zero-order valence-corrected chi connectivity index (χ0v) is 12.7. The standard InChI is InChI=1S/C18H19Br/c19-18-13-16-10-9-15-7-5-14(6-8-15)3-1-2-4-17(18)12-11-16/h3,5,7-8,11-13H,1-2,4,6,9-10H2/b14-3-. The Hall–Kier alpha value is -1.08. The van der Waals surface area contributed by atoms with Crippen LogP contribution in [-0.2, 0) is 12.8 Å². The summed E-state index contributed by atoms with van der Waals surface area (Å²) < 4.78 is 1.28. The van der Waals surface area contributed by atoms with Crippen molar-refractivity contribution in [1.82, 2.24) is 0 Å². The van der Waals surface area contributed by atoms with Gasteiger partial charge in [-0.25, -0.2) is 0 Å². The van der Waals surface area contributed by atoms with Crippen molar-refractivity contribution in [1.29, 1.82) is 0 Å². The van der Waals surface area contributed by atoms with E-state index < -0.39 is 0 Å². The average Bonchev–Trinajstić information content (AvgIpc) is 2.44. The summed E-state index contributed by atoms with van der Waals surface area (Å²) in [5.41, 5.74) is 5.84. The largest absolute Gasteiger partial charge is 0.0810 e. The molecule has 0 saturated heterocycles. The van der Waals surface area contributed by atoms with E-state index >= 15 is 0 Å². The third-order valence-corrected chi connectivity index (χ3v) is 4.73. The second-order valence-electron chi connectivity index (χ2n) is 5.41. The van der Waals surface area contributed by atoms with E-state index in [0.717, 1.165) is 25.7 Å². The third-order valence-electron chi connectivity index (χ3n) is 3.99. The highest BCUT2D eigenvalue weighted by atomic mass is 79.9. The normalized spacial score (nSPS) is 21.7. The summed E-state index contributed by atoms with van der Waals surface area (Å²) in [7, 11) is 0. The van der Waals surface area contributed by atoms with Gasteiger partial charge in [0.15, 0.2) is 0 Å². The van der Waals surface area contributed by atoms with Crippen molar-refractivity contribution < 1.29 is 0 Å². The number of allylic oxidation sites excluding steroid dienone is 6. The van der Waals surface area contributed by atoms with Gasteiger partial charge in [-0.15, -0.1) is 0 Å². The minimum absolute atomic E-state index is 1.12. The van der Waals surface area contributed by atoms with Gasteiger partial charge in [-0.3, -0.25) is 0 Å². The zero-order chi connectivity index (χ0) is 13.1. The molecule has 0 N–H and O–H groups in total. The summed E-state index contributed by atoms with van der Waals surface area (Å²) in [5, 5.41) is 0. The van der Waals surface area contributed by atoms with Crippen LogP contribution in [0.1, 0.15) is 36.8 Å².